The van der Waals surface area contributed by atoms with Crippen LogP contribution in [0.4, 0.5) is 0 Å². The molecule has 0 saturated heterocycles. The molecule has 20 heavy (non-hydrogen) atoms. The molecule has 2 rings (SSSR count). The first kappa shape index (κ1) is 14.7. The lowest BCUT2D eigenvalue weighted by Crippen LogP contribution is -2.28. The third kappa shape index (κ3) is 3.46. The van der Waals surface area contributed by atoms with Gasteiger partial charge in [0.25, 0.3) is 5.91 Å². The van der Waals surface area contributed by atoms with Crippen LogP contribution < -0.4 is 10.5 Å². The van der Waals surface area contributed by atoms with E-state index in [0.717, 1.165) is 22.9 Å². The minimum atomic E-state index is -1.34. The van der Waals surface area contributed by atoms with Crippen LogP contribution in [-0.2, 0) is 28.7 Å². The summed E-state index contributed by atoms with van der Waals surface area (Å²) in [6.07, 6.45) is 4.15. The largest absolute Gasteiger partial charge is 0.338 e. The van der Waals surface area contributed by atoms with Gasteiger partial charge in [-0.3, -0.25) is 9.52 Å². The van der Waals surface area contributed by atoms with E-state index in [-0.39, 0.29) is 18.5 Å². The van der Waals surface area contributed by atoms with Crippen molar-refractivity contribution >= 4 is 27.8 Å². The zero-order valence-electron chi connectivity index (χ0n) is 11.6. The lowest BCUT2D eigenvalue weighted by molar-refractivity contribution is -0.119. The highest BCUT2D eigenvalue weighted by Crippen LogP contribution is 2.22. The van der Waals surface area contributed by atoms with Crippen LogP contribution in [0, 0.1) is 0 Å². The number of nitrogens with one attached hydrogen (secondary N) is 1. The lowest BCUT2D eigenvalue weighted by Gasteiger charge is -2.04. The van der Waals surface area contributed by atoms with Gasteiger partial charge in [-0.2, -0.15) is 0 Å². The second-order valence-corrected chi connectivity index (χ2v) is 6.07. The molecule has 2 atom stereocenters. The number of rotatable bonds is 5. The summed E-state index contributed by atoms with van der Waals surface area (Å²) in [6.45, 7) is 2.11. The summed E-state index contributed by atoms with van der Waals surface area (Å²) in [6, 6.07) is 7.96. The third-order valence-electron chi connectivity index (χ3n) is 2.98. The van der Waals surface area contributed by atoms with Crippen LogP contribution in [0.3, 0.4) is 0 Å². The maximum Gasteiger partial charge on any atom is 0.251 e. The standard InChI is InChI=1S/C14H19N3O2S/c1-10(15)7-11-8-17(9-14(18)16-20(2)19)13-6-4-3-5-12(11)13/h3-6,8,10H,7,9,15H2,1-2H3,(H,16,18). The molecule has 0 aliphatic rings. The van der Waals surface area contributed by atoms with E-state index >= 15 is 0 Å². The molecule has 0 aliphatic carbocycles. The van der Waals surface area contributed by atoms with Gasteiger partial charge in [0.05, 0.1) is 0 Å². The first-order valence-electron chi connectivity index (χ1n) is 6.42. The number of nitrogens with two attached hydrogens (primary N) is 1. The summed E-state index contributed by atoms with van der Waals surface area (Å²) in [5, 5.41) is 1.11. The van der Waals surface area contributed by atoms with Gasteiger partial charge in [-0.15, -0.1) is 0 Å². The summed E-state index contributed by atoms with van der Waals surface area (Å²) >= 11 is 0. The summed E-state index contributed by atoms with van der Waals surface area (Å²) in [5.41, 5.74) is 7.98. The van der Waals surface area contributed by atoms with Gasteiger partial charge < -0.3 is 10.3 Å². The van der Waals surface area contributed by atoms with E-state index in [1.165, 1.54) is 6.26 Å². The summed E-state index contributed by atoms with van der Waals surface area (Å²) in [4.78, 5) is 11.7. The molecule has 2 unspecified atom stereocenters. The van der Waals surface area contributed by atoms with E-state index in [1.807, 2.05) is 42.0 Å². The molecule has 3 N–H and O–H groups in total. The van der Waals surface area contributed by atoms with Gasteiger partial charge in [0.15, 0.2) is 0 Å². The lowest BCUT2D eigenvalue weighted by atomic mass is 10.1. The fraction of sp³-hybridized carbons (Fsp3) is 0.357. The molecule has 0 bridgehead atoms. The predicted octanol–water partition coefficient (Wildman–Crippen LogP) is 0.941. The average molecular weight is 293 g/mol. The van der Waals surface area contributed by atoms with Gasteiger partial charge in [-0.05, 0) is 25.0 Å². The molecule has 1 aromatic carbocycles. The summed E-state index contributed by atoms with van der Waals surface area (Å²) in [7, 11) is -1.34. The highest BCUT2D eigenvalue weighted by Gasteiger charge is 2.12. The molecule has 1 aromatic heterocycles. The minimum Gasteiger partial charge on any atom is -0.338 e. The van der Waals surface area contributed by atoms with E-state index in [1.54, 1.807) is 0 Å². The van der Waals surface area contributed by atoms with E-state index in [9.17, 15) is 9.00 Å². The molecule has 108 valence electrons. The van der Waals surface area contributed by atoms with E-state index in [0.29, 0.717) is 0 Å². The van der Waals surface area contributed by atoms with Crippen LogP contribution in [0.1, 0.15) is 12.5 Å². The summed E-state index contributed by atoms with van der Waals surface area (Å²) < 4.78 is 15.3. The van der Waals surface area contributed by atoms with Gasteiger partial charge in [0, 0.05) is 29.4 Å². The van der Waals surface area contributed by atoms with Crippen LogP contribution in [0.5, 0.6) is 0 Å². The van der Waals surface area contributed by atoms with Crippen molar-refractivity contribution < 1.29 is 9.00 Å². The molecule has 1 amide bonds. The number of aromatic nitrogens is 1. The number of nitrogens with zero attached hydrogens (tertiary/aromatic N) is 1. The maximum absolute atomic E-state index is 11.7. The van der Waals surface area contributed by atoms with E-state index in [2.05, 4.69) is 4.72 Å². The summed E-state index contributed by atoms with van der Waals surface area (Å²) in [5.74, 6) is -0.265. The van der Waals surface area contributed by atoms with E-state index in [4.69, 9.17) is 5.73 Å². The molecule has 0 radical (unpaired) electrons. The SMILES string of the molecule is CC(N)Cc1cn(CC(=O)NS(C)=O)c2ccccc12. The number of fused-ring (bicyclic) bond motifs is 1. The Morgan fingerprint density at radius 1 is 1.45 bits per heavy atom. The molecular weight excluding hydrogens is 274 g/mol. The average Bonchev–Trinajstić information content (AvgIpc) is 2.66. The Balaban J connectivity index is 2.33. The van der Waals surface area contributed by atoms with Crippen molar-refractivity contribution in [2.75, 3.05) is 6.26 Å². The predicted molar refractivity (Wildman–Crippen MR) is 81.5 cm³/mol. The highest BCUT2D eigenvalue weighted by molar-refractivity contribution is 7.82. The smallest absolute Gasteiger partial charge is 0.251 e. The molecule has 0 saturated carbocycles. The van der Waals surface area contributed by atoms with Crippen LogP contribution in [-0.4, -0.2) is 27.0 Å². The molecular formula is C14H19N3O2S. The van der Waals surface area contributed by atoms with Crippen LogP contribution in [0.25, 0.3) is 10.9 Å². The first-order valence-corrected chi connectivity index (χ1v) is 7.98. The zero-order valence-corrected chi connectivity index (χ0v) is 12.4. The highest BCUT2D eigenvalue weighted by atomic mass is 32.2. The number of amides is 1. The van der Waals surface area contributed by atoms with Crippen LogP contribution in [0.15, 0.2) is 30.5 Å². The number of benzene rings is 1. The maximum atomic E-state index is 11.7. The van der Waals surface area contributed by atoms with Crippen LogP contribution in [0.2, 0.25) is 0 Å². The van der Waals surface area contributed by atoms with Crippen molar-refractivity contribution in [2.45, 2.75) is 25.9 Å². The zero-order chi connectivity index (χ0) is 14.7. The Hall–Kier alpha value is -1.66. The number of para-hydroxylation sites is 1. The second kappa shape index (κ2) is 6.19. The molecule has 1 heterocycles. The van der Waals surface area contributed by atoms with Gasteiger partial charge in [0.2, 0.25) is 0 Å². The minimum absolute atomic E-state index is 0.0613. The molecule has 6 heteroatoms. The third-order valence-corrected chi connectivity index (χ3v) is 3.50. The van der Waals surface area contributed by atoms with Gasteiger partial charge >= 0.3 is 0 Å². The van der Waals surface area contributed by atoms with Gasteiger partial charge in [-0.25, -0.2) is 4.21 Å². The van der Waals surface area contributed by atoms with Gasteiger partial charge in [-0.1, -0.05) is 18.2 Å². The Bertz CT molecular complexity index is 649. The molecule has 0 spiro atoms. The van der Waals surface area contributed by atoms with Crippen molar-refractivity contribution in [3.63, 3.8) is 0 Å². The topological polar surface area (TPSA) is 77.1 Å². The number of carbonyl (C=O) groups is 1. The monoisotopic (exact) mass is 293 g/mol. The second-order valence-electron chi connectivity index (χ2n) is 4.96. The Morgan fingerprint density at radius 2 is 2.15 bits per heavy atom. The van der Waals surface area contributed by atoms with Crippen molar-refractivity contribution in [2.24, 2.45) is 5.73 Å². The number of hydrogen-bond donors (Lipinski definition) is 2. The quantitative estimate of drug-likeness (QED) is 0.861. The van der Waals surface area contributed by atoms with Crippen molar-refractivity contribution in [1.82, 2.24) is 9.29 Å². The Morgan fingerprint density at radius 3 is 2.80 bits per heavy atom. The molecule has 5 nitrogen and oxygen atoms in total. The normalized spacial score (nSPS) is 14.2. The van der Waals surface area contributed by atoms with Gasteiger partial charge in [0.1, 0.15) is 17.5 Å². The van der Waals surface area contributed by atoms with Crippen molar-refractivity contribution in [3.8, 4) is 0 Å². The Labute approximate surface area is 120 Å². The molecule has 0 aliphatic heterocycles. The Kier molecular flexibility index (Phi) is 4.57. The van der Waals surface area contributed by atoms with Crippen LogP contribution >= 0.6 is 0 Å². The van der Waals surface area contributed by atoms with E-state index < -0.39 is 11.0 Å². The van der Waals surface area contributed by atoms with Crippen molar-refractivity contribution in [3.05, 3.63) is 36.0 Å². The number of carbonyl (C=O) groups excluding carboxylic acids is 1. The fourth-order valence-corrected chi connectivity index (χ4v) is 2.70. The molecule has 0 fully saturated rings. The molecule has 2 aromatic rings. The number of hydrogen-bond acceptors (Lipinski definition) is 3. The van der Waals surface area contributed by atoms with Crippen molar-refractivity contribution in [1.29, 1.82) is 0 Å². The fourth-order valence-electron chi connectivity index (χ4n) is 2.31. The first-order chi connectivity index (χ1) is 9.47.